The first-order valence-corrected chi connectivity index (χ1v) is 5.32. The van der Waals surface area contributed by atoms with Gasteiger partial charge in [-0.25, -0.2) is 4.79 Å². The minimum atomic E-state index is -1.06. The second-order valence-corrected chi connectivity index (χ2v) is 3.68. The Balaban J connectivity index is 0.00000200. The Morgan fingerprint density at radius 2 is 1.85 bits per heavy atom. The standard InChI is InChI=1S/C13H9NO5.ClH/c15-13(16)8-6-11-5-7-12(19-11)9-1-3-10(4-2-9)14(17)18;/h1-8H,(H,15,16);1H. The zero-order valence-corrected chi connectivity index (χ0v) is 10.9. The summed E-state index contributed by atoms with van der Waals surface area (Å²) in [6.07, 6.45) is 2.30. The molecule has 1 aromatic carbocycles. The topological polar surface area (TPSA) is 93.6 Å². The van der Waals surface area contributed by atoms with Gasteiger partial charge in [-0.3, -0.25) is 10.1 Å². The third kappa shape index (κ3) is 3.69. The minimum absolute atomic E-state index is 0. The van der Waals surface area contributed by atoms with E-state index in [-0.39, 0.29) is 18.1 Å². The molecule has 0 bridgehead atoms. The molecule has 0 amide bonds. The second-order valence-electron chi connectivity index (χ2n) is 3.68. The van der Waals surface area contributed by atoms with Crippen molar-refractivity contribution < 1.29 is 19.2 Å². The first-order chi connectivity index (χ1) is 9.06. The van der Waals surface area contributed by atoms with Gasteiger partial charge in [0.25, 0.3) is 5.69 Å². The molecule has 0 aliphatic rings. The molecular weight excluding hydrogens is 286 g/mol. The molecular formula is C13H10ClNO5. The van der Waals surface area contributed by atoms with Crippen molar-refractivity contribution in [2.45, 2.75) is 0 Å². The zero-order chi connectivity index (χ0) is 13.8. The predicted molar refractivity (Wildman–Crippen MR) is 74.7 cm³/mol. The number of carbonyl (C=O) groups is 1. The Bertz CT molecular complexity index is 645. The van der Waals surface area contributed by atoms with Crippen LogP contribution in [0.1, 0.15) is 5.76 Å². The number of aliphatic carboxylic acids is 1. The van der Waals surface area contributed by atoms with E-state index in [1.165, 1.54) is 18.2 Å². The smallest absolute Gasteiger partial charge is 0.328 e. The molecule has 2 aromatic rings. The van der Waals surface area contributed by atoms with Crippen LogP contribution in [0.25, 0.3) is 17.4 Å². The van der Waals surface area contributed by atoms with Crippen molar-refractivity contribution in [3.8, 4) is 11.3 Å². The molecule has 104 valence electrons. The molecule has 0 aliphatic carbocycles. The number of nitrogens with zero attached hydrogens (tertiary/aromatic N) is 1. The molecule has 0 unspecified atom stereocenters. The van der Waals surface area contributed by atoms with Crippen LogP contribution in [0.5, 0.6) is 0 Å². The lowest BCUT2D eigenvalue weighted by Crippen LogP contribution is -1.86. The molecule has 0 aliphatic heterocycles. The molecule has 6 nitrogen and oxygen atoms in total. The summed E-state index contributed by atoms with van der Waals surface area (Å²) >= 11 is 0. The van der Waals surface area contributed by atoms with Gasteiger partial charge in [-0.05, 0) is 30.3 Å². The van der Waals surface area contributed by atoms with Crippen molar-refractivity contribution >= 4 is 30.1 Å². The summed E-state index contributed by atoms with van der Waals surface area (Å²) in [6.45, 7) is 0. The molecule has 20 heavy (non-hydrogen) atoms. The van der Waals surface area contributed by atoms with Crippen molar-refractivity contribution in [1.82, 2.24) is 0 Å². The van der Waals surface area contributed by atoms with Crippen molar-refractivity contribution in [1.29, 1.82) is 0 Å². The van der Waals surface area contributed by atoms with Crippen LogP contribution in [0.4, 0.5) is 5.69 Å². The maximum atomic E-state index is 10.5. The first kappa shape index (κ1) is 15.5. The molecule has 1 heterocycles. The maximum absolute atomic E-state index is 10.5. The van der Waals surface area contributed by atoms with E-state index in [0.717, 1.165) is 6.08 Å². The summed E-state index contributed by atoms with van der Waals surface area (Å²) in [5, 5.41) is 19.0. The van der Waals surface area contributed by atoms with E-state index in [9.17, 15) is 14.9 Å². The van der Waals surface area contributed by atoms with Crippen molar-refractivity contribution in [3.63, 3.8) is 0 Å². The number of rotatable bonds is 4. The van der Waals surface area contributed by atoms with Crippen LogP contribution in [-0.2, 0) is 4.79 Å². The monoisotopic (exact) mass is 295 g/mol. The summed E-state index contributed by atoms with van der Waals surface area (Å²) < 4.78 is 5.40. The molecule has 1 aromatic heterocycles. The highest BCUT2D eigenvalue weighted by Crippen LogP contribution is 2.24. The number of furan rings is 1. The lowest BCUT2D eigenvalue weighted by atomic mass is 10.1. The highest BCUT2D eigenvalue weighted by molar-refractivity contribution is 5.85. The minimum Gasteiger partial charge on any atom is -0.478 e. The molecule has 0 saturated heterocycles. The van der Waals surface area contributed by atoms with Gasteiger partial charge >= 0.3 is 5.97 Å². The maximum Gasteiger partial charge on any atom is 0.328 e. The molecule has 0 radical (unpaired) electrons. The Morgan fingerprint density at radius 1 is 1.20 bits per heavy atom. The predicted octanol–water partition coefficient (Wildman–Crippen LogP) is 3.37. The number of nitro groups is 1. The summed E-state index contributed by atoms with van der Waals surface area (Å²) in [5.74, 6) is -0.149. The van der Waals surface area contributed by atoms with E-state index in [2.05, 4.69) is 0 Å². The second kappa shape index (κ2) is 6.53. The van der Waals surface area contributed by atoms with Gasteiger partial charge in [0.05, 0.1) is 4.92 Å². The lowest BCUT2D eigenvalue weighted by Gasteiger charge is -1.96. The summed E-state index contributed by atoms with van der Waals surface area (Å²) in [4.78, 5) is 20.4. The molecule has 2 rings (SSSR count). The van der Waals surface area contributed by atoms with E-state index < -0.39 is 10.9 Å². The van der Waals surface area contributed by atoms with Crippen molar-refractivity contribution in [2.24, 2.45) is 0 Å². The summed E-state index contributed by atoms with van der Waals surface area (Å²) in [7, 11) is 0. The fourth-order valence-electron chi connectivity index (χ4n) is 1.50. The van der Waals surface area contributed by atoms with E-state index in [1.54, 1.807) is 24.3 Å². The summed E-state index contributed by atoms with van der Waals surface area (Å²) in [6, 6.07) is 9.19. The third-order valence-electron chi connectivity index (χ3n) is 2.38. The molecule has 0 fully saturated rings. The van der Waals surface area contributed by atoms with Gasteiger partial charge < -0.3 is 9.52 Å². The van der Waals surface area contributed by atoms with Crippen LogP contribution in [0.2, 0.25) is 0 Å². The number of carboxylic acid groups (broad SMARTS) is 1. The number of hydrogen-bond acceptors (Lipinski definition) is 4. The van der Waals surface area contributed by atoms with Gasteiger partial charge in [-0.15, -0.1) is 12.4 Å². The van der Waals surface area contributed by atoms with Crippen molar-refractivity contribution in [3.05, 3.63) is 58.3 Å². The number of benzene rings is 1. The SMILES string of the molecule is Cl.O=C(O)C=Cc1ccc(-c2ccc([N+](=O)[O-])cc2)o1. The van der Waals surface area contributed by atoms with E-state index in [1.807, 2.05) is 0 Å². The highest BCUT2D eigenvalue weighted by Gasteiger charge is 2.07. The van der Waals surface area contributed by atoms with Crippen LogP contribution in [0, 0.1) is 10.1 Å². The average Bonchev–Trinajstić information content (AvgIpc) is 2.85. The number of hydrogen-bond donors (Lipinski definition) is 1. The van der Waals surface area contributed by atoms with Gasteiger partial charge in [-0.1, -0.05) is 0 Å². The highest BCUT2D eigenvalue weighted by atomic mass is 35.5. The molecule has 1 N–H and O–H groups in total. The van der Waals surface area contributed by atoms with E-state index in [0.29, 0.717) is 17.1 Å². The van der Waals surface area contributed by atoms with Gasteiger partial charge in [0.1, 0.15) is 11.5 Å². The van der Waals surface area contributed by atoms with Crippen LogP contribution in [-0.4, -0.2) is 16.0 Å². The van der Waals surface area contributed by atoms with Crippen molar-refractivity contribution in [2.75, 3.05) is 0 Å². The third-order valence-corrected chi connectivity index (χ3v) is 2.38. The fraction of sp³-hybridized carbons (Fsp3) is 0. The number of halogens is 1. The Morgan fingerprint density at radius 3 is 2.40 bits per heavy atom. The lowest BCUT2D eigenvalue weighted by molar-refractivity contribution is -0.384. The molecule has 0 spiro atoms. The van der Waals surface area contributed by atoms with Crippen LogP contribution < -0.4 is 0 Å². The number of carboxylic acids is 1. The number of nitro benzene ring substituents is 1. The van der Waals surface area contributed by atoms with Gasteiger partial charge in [0.15, 0.2) is 0 Å². The van der Waals surface area contributed by atoms with E-state index in [4.69, 9.17) is 9.52 Å². The molecule has 0 saturated carbocycles. The Labute approximate surface area is 119 Å². The largest absolute Gasteiger partial charge is 0.478 e. The van der Waals surface area contributed by atoms with Gasteiger partial charge in [0, 0.05) is 23.8 Å². The average molecular weight is 296 g/mol. The Kier molecular flexibility index (Phi) is 5.05. The molecule has 7 heteroatoms. The van der Waals surface area contributed by atoms with Crippen LogP contribution in [0.15, 0.2) is 46.9 Å². The quantitative estimate of drug-likeness (QED) is 0.530. The molecule has 0 atom stereocenters. The normalized spacial score (nSPS) is 10.2. The van der Waals surface area contributed by atoms with Crippen LogP contribution in [0.3, 0.4) is 0 Å². The van der Waals surface area contributed by atoms with Gasteiger partial charge in [0.2, 0.25) is 0 Å². The Hall–Kier alpha value is -2.60. The number of non-ortho nitro benzene ring substituents is 1. The van der Waals surface area contributed by atoms with Gasteiger partial charge in [-0.2, -0.15) is 0 Å². The first-order valence-electron chi connectivity index (χ1n) is 5.32. The summed E-state index contributed by atoms with van der Waals surface area (Å²) in [5.41, 5.74) is 0.682. The zero-order valence-electron chi connectivity index (χ0n) is 10.1. The fourth-order valence-corrected chi connectivity index (χ4v) is 1.50. The van der Waals surface area contributed by atoms with E-state index >= 15 is 0 Å². The van der Waals surface area contributed by atoms with Crippen LogP contribution >= 0.6 is 12.4 Å².